The van der Waals surface area contributed by atoms with Crippen LogP contribution in [0.2, 0.25) is 0 Å². The van der Waals surface area contributed by atoms with Crippen molar-refractivity contribution in [2.24, 2.45) is 5.14 Å². The number of carbonyl (C=O) groups excluding carboxylic acids is 1. The maximum absolute atomic E-state index is 11.8. The van der Waals surface area contributed by atoms with Gasteiger partial charge in [0.1, 0.15) is 0 Å². The minimum Gasteiger partial charge on any atom is -0.438 e. The highest BCUT2D eigenvalue weighted by Gasteiger charge is 2.20. The van der Waals surface area contributed by atoms with Crippen LogP contribution in [0.25, 0.3) is 0 Å². The van der Waals surface area contributed by atoms with Crippen LogP contribution < -0.4 is 15.8 Å². The number of nitrogens with two attached hydrogens (primary N) is 1. The van der Waals surface area contributed by atoms with Gasteiger partial charge in [-0.15, -0.1) is 0 Å². The first kappa shape index (κ1) is 13.1. The first-order chi connectivity index (χ1) is 8.47. The highest BCUT2D eigenvalue weighted by molar-refractivity contribution is 7.89. The zero-order valence-electron chi connectivity index (χ0n) is 9.68. The summed E-state index contributed by atoms with van der Waals surface area (Å²) in [5, 5.41) is 10.4. The van der Waals surface area contributed by atoms with Crippen molar-refractivity contribution >= 4 is 15.9 Å². The third kappa shape index (κ3) is 3.09. The Balaban J connectivity index is 2.02. The molecular weight excluding hydrogens is 258 g/mol. The van der Waals surface area contributed by atoms with Crippen molar-refractivity contribution < 1.29 is 17.6 Å². The normalized spacial score (nSPS) is 20.6. The maximum atomic E-state index is 11.8. The standard InChI is InChI=1S/C10H15N3O4S/c11-18(15,16)9-4-3-8(17-9)10(14)13-7-2-1-5-12-6-7/h3-4,7,12H,1-2,5-6H2,(H,13,14)(H2,11,15,16)/t7-/m0/s1. The summed E-state index contributed by atoms with van der Waals surface area (Å²) in [7, 11) is -3.91. The molecule has 0 radical (unpaired) electrons. The lowest BCUT2D eigenvalue weighted by molar-refractivity contribution is 0.0897. The average Bonchev–Trinajstić information content (AvgIpc) is 2.79. The van der Waals surface area contributed by atoms with Gasteiger partial charge in [0.15, 0.2) is 5.76 Å². The predicted molar refractivity (Wildman–Crippen MR) is 63.4 cm³/mol. The Hall–Kier alpha value is -1.38. The zero-order valence-corrected chi connectivity index (χ0v) is 10.5. The van der Waals surface area contributed by atoms with Crippen LogP contribution in [0.4, 0.5) is 0 Å². The number of nitrogens with one attached hydrogen (secondary N) is 2. The SMILES string of the molecule is NS(=O)(=O)c1ccc(C(=O)N[C@H]2CCCNC2)o1. The number of piperidine rings is 1. The second kappa shape index (κ2) is 5.09. The first-order valence-corrected chi connectivity index (χ1v) is 7.15. The summed E-state index contributed by atoms with van der Waals surface area (Å²) in [6.07, 6.45) is 1.88. The lowest BCUT2D eigenvalue weighted by Crippen LogP contribution is -2.45. The number of amides is 1. The highest BCUT2D eigenvalue weighted by Crippen LogP contribution is 2.12. The molecule has 0 unspecified atom stereocenters. The minimum atomic E-state index is -3.91. The first-order valence-electron chi connectivity index (χ1n) is 5.61. The van der Waals surface area contributed by atoms with Gasteiger partial charge in [0.25, 0.3) is 15.9 Å². The Morgan fingerprint density at radius 1 is 1.50 bits per heavy atom. The van der Waals surface area contributed by atoms with E-state index in [1.807, 2.05) is 0 Å². The van der Waals surface area contributed by atoms with E-state index in [2.05, 4.69) is 10.6 Å². The van der Waals surface area contributed by atoms with Gasteiger partial charge >= 0.3 is 0 Å². The average molecular weight is 273 g/mol. The number of hydrogen-bond acceptors (Lipinski definition) is 5. The maximum Gasteiger partial charge on any atom is 0.287 e. The van der Waals surface area contributed by atoms with Crippen LogP contribution >= 0.6 is 0 Å². The Bertz CT molecular complexity index is 531. The number of rotatable bonds is 3. The molecule has 1 saturated heterocycles. The lowest BCUT2D eigenvalue weighted by atomic mass is 10.1. The van der Waals surface area contributed by atoms with Gasteiger partial charge in [-0.25, -0.2) is 13.6 Å². The van der Waals surface area contributed by atoms with Crippen molar-refractivity contribution in [1.82, 2.24) is 10.6 Å². The number of primary sulfonamides is 1. The molecule has 0 spiro atoms. The molecule has 0 aliphatic carbocycles. The van der Waals surface area contributed by atoms with Gasteiger partial charge in [0.05, 0.1) is 0 Å². The van der Waals surface area contributed by atoms with Crippen molar-refractivity contribution in [3.8, 4) is 0 Å². The van der Waals surface area contributed by atoms with Crippen LogP contribution in [0.5, 0.6) is 0 Å². The van der Waals surface area contributed by atoms with Crippen LogP contribution in [0.3, 0.4) is 0 Å². The summed E-state index contributed by atoms with van der Waals surface area (Å²) in [6.45, 7) is 1.65. The summed E-state index contributed by atoms with van der Waals surface area (Å²) in [5.41, 5.74) is 0. The molecule has 1 aromatic rings. The van der Waals surface area contributed by atoms with Crippen LogP contribution in [0, 0.1) is 0 Å². The van der Waals surface area contributed by atoms with Crippen LogP contribution in [-0.2, 0) is 10.0 Å². The molecule has 0 bridgehead atoms. The number of carbonyl (C=O) groups is 1. The minimum absolute atomic E-state index is 0.0364. The third-order valence-electron chi connectivity index (χ3n) is 2.72. The van der Waals surface area contributed by atoms with Gasteiger partial charge in [0.2, 0.25) is 5.09 Å². The molecule has 7 nitrogen and oxygen atoms in total. The zero-order chi connectivity index (χ0) is 13.2. The molecule has 1 amide bonds. The van der Waals surface area contributed by atoms with Crippen molar-refractivity contribution in [3.05, 3.63) is 17.9 Å². The van der Waals surface area contributed by atoms with Gasteiger partial charge in [-0.05, 0) is 31.5 Å². The second-order valence-corrected chi connectivity index (χ2v) is 5.67. The molecular formula is C10H15N3O4S. The van der Waals surface area contributed by atoms with Crippen molar-refractivity contribution in [3.63, 3.8) is 0 Å². The van der Waals surface area contributed by atoms with Crippen molar-refractivity contribution in [2.75, 3.05) is 13.1 Å². The molecule has 2 heterocycles. The predicted octanol–water partition coefficient (Wildman–Crippen LogP) is -0.591. The molecule has 0 saturated carbocycles. The highest BCUT2D eigenvalue weighted by atomic mass is 32.2. The quantitative estimate of drug-likeness (QED) is 0.681. The van der Waals surface area contributed by atoms with E-state index in [0.29, 0.717) is 6.54 Å². The monoisotopic (exact) mass is 273 g/mol. The topological polar surface area (TPSA) is 114 Å². The largest absolute Gasteiger partial charge is 0.438 e. The van der Waals surface area contributed by atoms with Crippen LogP contribution in [0.1, 0.15) is 23.4 Å². The molecule has 8 heteroatoms. The molecule has 100 valence electrons. The Kier molecular flexibility index (Phi) is 3.69. The molecule has 1 aliphatic rings. The van der Waals surface area contributed by atoms with Crippen LogP contribution in [-0.4, -0.2) is 33.5 Å². The number of furan rings is 1. The molecule has 1 aliphatic heterocycles. The van der Waals surface area contributed by atoms with Crippen molar-refractivity contribution in [2.45, 2.75) is 24.0 Å². The molecule has 2 rings (SSSR count). The van der Waals surface area contributed by atoms with E-state index in [1.165, 1.54) is 12.1 Å². The summed E-state index contributed by atoms with van der Waals surface area (Å²) in [6, 6.07) is 2.50. The van der Waals surface area contributed by atoms with E-state index in [4.69, 9.17) is 9.56 Å². The van der Waals surface area contributed by atoms with Gasteiger partial charge < -0.3 is 15.1 Å². The Morgan fingerprint density at radius 2 is 2.28 bits per heavy atom. The van der Waals surface area contributed by atoms with E-state index >= 15 is 0 Å². The van der Waals surface area contributed by atoms with Crippen molar-refractivity contribution in [1.29, 1.82) is 0 Å². The van der Waals surface area contributed by atoms with Gasteiger partial charge in [-0.3, -0.25) is 4.79 Å². The summed E-state index contributed by atoms with van der Waals surface area (Å²) >= 11 is 0. The number of sulfonamides is 1. The summed E-state index contributed by atoms with van der Waals surface area (Å²) < 4.78 is 26.9. The lowest BCUT2D eigenvalue weighted by Gasteiger charge is -2.23. The molecule has 1 fully saturated rings. The van der Waals surface area contributed by atoms with E-state index < -0.39 is 21.0 Å². The van der Waals surface area contributed by atoms with E-state index in [1.54, 1.807) is 0 Å². The molecule has 18 heavy (non-hydrogen) atoms. The number of hydrogen-bond donors (Lipinski definition) is 3. The molecule has 4 N–H and O–H groups in total. The van der Waals surface area contributed by atoms with E-state index in [-0.39, 0.29) is 11.8 Å². The smallest absolute Gasteiger partial charge is 0.287 e. The van der Waals surface area contributed by atoms with Gasteiger partial charge in [-0.1, -0.05) is 0 Å². The molecule has 1 aromatic heterocycles. The van der Waals surface area contributed by atoms with Gasteiger partial charge in [0, 0.05) is 12.6 Å². The fourth-order valence-electron chi connectivity index (χ4n) is 1.83. The second-order valence-electron chi connectivity index (χ2n) is 4.18. The van der Waals surface area contributed by atoms with Crippen LogP contribution in [0.15, 0.2) is 21.6 Å². The Labute approximate surface area is 105 Å². The third-order valence-corrected chi connectivity index (χ3v) is 3.50. The van der Waals surface area contributed by atoms with Gasteiger partial charge in [-0.2, -0.15) is 0 Å². The summed E-state index contributed by atoms with van der Waals surface area (Å²) in [4.78, 5) is 11.8. The van der Waals surface area contributed by atoms with E-state index in [0.717, 1.165) is 19.4 Å². The Morgan fingerprint density at radius 3 is 2.83 bits per heavy atom. The fraction of sp³-hybridized carbons (Fsp3) is 0.500. The molecule has 1 atom stereocenters. The fourth-order valence-corrected chi connectivity index (χ4v) is 2.29. The molecule has 0 aromatic carbocycles. The summed E-state index contributed by atoms with van der Waals surface area (Å²) in [5.74, 6) is -0.483. The van der Waals surface area contributed by atoms with E-state index in [9.17, 15) is 13.2 Å².